The largest absolute Gasteiger partial charge is 0.297 e. The summed E-state index contributed by atoms with van der Waals surface area (Å²) in [5.74, 6) is 0. The van der Waals surface area contributed by atoms with Crippen molar-refractivity contribution < 1.29 is 4.79 Å². The molecule has 0 unspecified atom stereocenters. The number of pyridine rings is 1. The van der Waals surface area contributed by atoms with Crippen molar-refractivity contribution in [1.82, 2.24) is 9.38 Å². The van der Waals surface area contributed by atoms with Gasteiger partial charge in [0.15, 0.2) is 6.29 Å². The molecule has 0 radical (unpaired) electrons. The van der Waals surface area contributed by atoms with Crippen molar-refractivity contribution >= 4 is 11.9 Å². The fraction of sp³-hybridized carbons (Fsp3) is 0.176. The van der Waals surface area contributed by atoms with Crippen molar-refractivity contribution in [2.75, 3.05) is 0 Å². The molecule has 0 spiro atoms. The van der Waals surface area contributed by atoms with E-state index in [4.69, 9.17) is 0 Å². The first kappa shape index (κ1) is 12.6. The van der Waals surface area contributed by atoms with Gasteiger partial charge in [-0.1, -0.05) is 37.3 Å². The Morgan fingerprint density at radius 1 is 1.20 bits per heavy atom. The third-order valence-electron chi connectivity index (χ3n) is 3.63. The van der Waals surface area contributed by atoms with Crippen molar-refractivity contribution in [2.45, 2.75) is 20.3 Å². The molecule has 0 atom stereocenters. The molecule has 1 aromatic carbocycles. The molecule has 0 N–H and O–H groups in total. The highest BCUT2D eigenvalue weighted by molar-refractivity contribution is 5.86. The van der Waals surface area contributed by atoms with Gasteiger partial charge in [-0.3, -0.25) is 9.20 Å². The number of hydrogen-bond donors (Lipinski definition) is 0. The zero-order valence-corrected chi connectivity index (χ0v) is 11.6. The fourth-order valence-corrected chi connectivity index (χ4v) is 2.45. The molecule has 3 nitrogen and oxygen atoms in total. The van der Waals surface area contributed by atoms with E-state index in [0.717, 1.165) is 35.2 Å². The Balaban J connectivity index is 2.24. The second-order valence-electron chi connectivity index (χ2n) is 4.90. The fourth-order valence-electron chi connectivity index (χ4n) is 2.45. The van der Waals surface area contributed by atoms with Crippen LogP contribution in [0.1, 0.15) is 28.5 Å². The molecule has 3 rings (SSSR count). The van der Waals surface area contributed by atoms with Gasteiger partial charge in [0.2, 0.25) is 0 Å². The molecule has 0 saturated heterocycles. The number of aldehydes is 1. The normalized spacial score (nSPS) is 10.9. The van der Waals surface area contributed by atoms with Gasteiger partial charge in [0.05, 0.1) is 0 Å². The van der Waals surface area contributed by atoms with Crippen LogP contribution in [0.3, 0.4) is 0 Å². The zero-order chi connectivity index (χ0) is 14.1. The van der Waals surface area contributed by atoms with Crippen LogP contribution in [0.25, 0.3) is 16.9 Å². The summed E-state index contributed by atoms with van der Waals surface area (Å²) in [5, 5.41) is 0. The standard InChI is InChI=1S/C17H16N2O/c1-3-13-6-8-14(9-7-13)16-15(11-20)19-10-4-5-12(2)17(19)18-16/h4-11H,3H2,1-2H3. The van der Waals surface area contributed by atoms with Gasteiger partial charge in [-0.15, -0.1) is 0 Å². The number of carbonyl (C=O) groups excluding carboxylic acids is 1. The van der Waals surface area contributed by atoms with Crippen molar-refractivity contribution in [3.05, 3.63) is 59.4 Å². The Morgan fingerprint density at radius 2 is 1.95 bits per heavy atom. The minimum Gasteiger partial charge on any atom is -0.297 e. The summed E-state index contributed by atoms with van der Waals surface area (Å²) in [6.45, 7) is 4.13. The molecular formula is C17H16N2O. The van der Waals surface area contributed by atoms with Crippen LogP contribution in [0.5, 0.6) is 0 Å². The van der Waals surface area contributed by atoms with Gasteiger partial charge < -0.3 is 0 Å². The molecule has 0 saturated carbocycles. The van der Waals surface area contributed by atoms with Crippen LogP contribution in [0.2, 0.25) is 0 Å². The second-order valence-corrected chi connectivity index (χ2v) is 4.90. The molecule has 2 heterocycles. The molecular weight excluding hydrogens is 248 g/mol. The van der Waals surface area contributed by atoms with E-state index < -0.39 is 0 Å². The van der Waals surface area contributed by atoms with E-state index in [9.17, 15) is 4.79 Å². The Morgan fingerprint density at radius 3 is 2.60 bits per heavy atom. The maximum absolute atomic E-state index is 11.4. The lowest BCUT2D eigenvalue weighted by Gasteiger charge is -2.01. The minimum atomic E-state index is 0.605. The number of rotatable bonds is 3. The smallest absolute Gasteiger partial charge is 0.169 e. The first-order valence-corrected chi connectivity index (χ1v) is 6.76. The van der Waals surface area contributed by atoms with Crippen LogP contribution in [0.4, 0.5) is 0 Å². The van der Waals surface area contributed by atoms with Crippen LogP contribution >= 0.6 is 0 Å². The highest BCUT2D eigenvalue weighted by atomic mass is 16.1. The maximum Gasteiger partial charge on any atom is 0.169 e. The Kier molecular flexibility index (Phi) is 3.11. The lowest BCUT2D eigenvalue weighted by Crippen LogP contribution is -1.93. The van der Waals surface area contributed by atoms with Gasteiger partial charge in [-0.25, -0.2) is 4.98 Å². The monoisotopic (exact) mass is 264 g/mol. The molecule has 0 bridgehead atoms. The van der Waals surface area contributed by atoms with Crippen molar-refractivity contribution in [2.24, 2.45) is 0 Å². The van der Waals surface area contributed by atoms with Gasteiger partial charge >= 0.3 is 0 Å². The second kappa shape index (κ2) is 4.93. The quantitative estimate of drug-likeness (QED) is 0.676. The predicted octanol–water partition coefficient (Wildman–Crippen LogP) is 3.68. The summed E-state index contributed by atoms with van der Waals surface area (Å²) in [6, 6.07) is 12.2. The summed E-state index contributed by atoms with van der Waals surface area (Å²) in [5.41, 5.74) is 5.51. The first-order valence-electron chi connectivity index (χ1n) is 6.76. The topological polar surface area (TPSA) is 34.4 Å². The lowest BCUT2D eigenvalue weighted by molar-refractivity contribution is 0.111. The summed E-state index contributed by atoms with van der Waals surface area (Å²) in [6.07, 6.45) is 3.76. The van der Waals surface area contributed by atoms with Crippen LogP contribution < -0.4 is 0 Å². The lowest BCUT2D eigenvalue weighted by atomic mass is 10.1. The number of imidazole rings is 1. The van der Waals surface area contributed by atoms with E-state index in [1.807, 2.05) is 41.8 Å². The van der Waals surface area contributed by atoms with E-state index in [1.165, 1.54) is 5.56 Å². The summed E-state index contributed by atoms with van der Waals surface area (Å²) in [7, 11) is 0. The molecule has 100 valence electrons. The molecule has 3 heteroatoms. The van der Waals surface area contributed by atoms with E-state index in [1.54, 1.807) is 0 Å². The third-order valence-corrected chi connectivity index (χ3v) is 3.63. The zero-order valence-electron chi connectivity index (χ0n) is 11.6. The number of benzene rings is 1. The molecule has 20 heavy (non-hydrogen) atoms. The highest BCUT2D eigenvalue weighted by Gasteiger charge is 2.14. The summed E-state index contributed by atoms with van der Waals surface area (Å²) >= 11 is 0. The SMILES string of the molecule is CCc1ccc(-c2nc3c(C)cccn3c2C=O)cc1. The van der Waals surface area contributed by atoms with E-state index in [0.29, 0.717) is 5.69 Å². The molecule has 0 aliphatic carbocycles. The average Bonchev–Trinajstić information content (AvgIpc) is 2.87. The molecule has 0 amide bonds. The van der Waals surface area contributed by atoms with Gasteiger partial charge in [0.1, 0.15) is 17.0 Å². The van der Waals surface area contributed by atoms with E-state index in [-0.39, 0.29) is 0 Å². The average molecular weight is 264 g/mol. The molecule has 2 aromatic heterocycles. The van der Waals surface area contributed by atoms with Gasteiger partial charge in [-0.2, -0.15) is 0 Å². The number of aryl methyl sites for hydroxylation is 2. The van der Waals surface area contributed by atoms with Crippen LogP contribution in [0.15, 0.2) is 42.6 Å². The Hall–Kier alpha value is -2.42. The van der Waals surface area contributed by atoms with Gasteiger partial charge in [-0.05, 0) is 30.5 Å². The summed E-state index contributed by atoms with van der Waals surface area (Å²) < 4.78 is 1.85. The number of aromatic nitrogens is 2. The predicted molar refractivity (Wildman–Crippen MR) is 80.1 cm³/mol. The van der Waals surface area contributed by atoms with Gasteiger partial charge in [0, 0.05) is 11.8 Å². The molecule has 0 fully saturated rings. The number of carbonyl (C=O) groups is 1. The number of nitrogens with zero attached hydrogens (tertiary/aromatic N) is 2. The highest BCUT2D eigenvalue weighted by Crippen LogP contribution is 2.25. The Labute approximate surface area is 117 Å². The number of hydrogen-bond acceptors (Lipinski definition) is 2. The Bertz CT molecular complexity index is 770. The van der Waals surface area contributed by atoms with Crippen molar-refractivity contribution in [3.8, 4) is 11.3 Å². The summed E-state index contributed by atoms with van der Waals surface area (Å²) in [4.78, 5) is 16.1. The van der Waals surface area contributed by atoms with Crippen LogP contribution in [-0.4, -0.2) is 15.7 Å². The van der Waals surface area contributed by atoms with Crippen molar-refractivity contribution in [1.29, 1.82) is 0 Å². The van der Waals surface area contributed by atoms with E-state index >= 15 is 0 Å². The number of fused-ring (bicyclic) bond motifs is 1. The maximum atomic E-state index is 11.4. The van der Waals surface area contributed by atoms with Crippen LogP contribution in [-0.2, 0) is 6.42 Å². The van der Waals surface area contributed by atoms with Crippen molar-refractivity contribution in [3.63, 3.8) is 0 Å². The third kappa shape index (κ3) is 1.92. The molecule has 3 aromatic rings. The van der Waals surface area contributed by atoms with E-state index in [2.05, 4.69) is 24.0 Å². The van der Waals surface area contributed by atoms with Gasteiger partial charge in [0.25, 0.3) is 0 Å². The minimum absolute atomic E-state index is 0.605. The molecule has 0 aliphatic heterocycles. The molecule has 0 aliphatic rings. The first-order chi connectivity index (χ1) is 9.74. The van der Waals surface area contributed by atoms with Crippen LogP contribution in [0, 0.1) is 6.92 Å².